The van der Waals surface area contributed by atoms with Crippen molar-refractivity contribution in [2.24, 2.45) is 0 Å². The van der Waals surface area contributed by atoms with Crippen LogP contribution in [-0.4, -0.2) is 11.7 Å². The van der Waals surface area contributed by atoms with Crippen molar-refractivity contribution in [3.63, 3.8) is 0 Å². The molecule has 0 aliphatic carbocycles. The zero-order chi connectivity index (χ0) is 13.8. The van der Waals surface area contributed by atoms with Gasteiger partial charge >= 0.3 is 0 Å². The third-order valence-corrected chi connectivity index (χ3v) is 2.96. The number of hydrogen-bond donors (Lipinski definition) is 1. The molecule has 0 aliphatic heterocycles. The van der Waals surface area contributed by atoms with E-state index in [1.54, 1.807) is 29.2 Å². The quantitative estimate of drug-likeness (QED) is 0.910. The monoisotopic (exact) mass is 263 g/mol. The summed E-state index contributed by atoms with van der Waals surface area (Å²) in [4.78, 5) is 1.71. The highest BCUT2D eigenvalue weighted by atomic mass is 19.1. The summed E-state index contributed by atoms with van der Waals surface area (Å²) in [6.07, 6.45) is 0. The van der Waals surface area contributed by atoms with Crippen LogP contribution in [0.15, 0.2) is 42.5 Å². The molecule has 0 unspecified atom stereocenters. The van der Waals surface area contributed by atoms with Crippen LogP contribution in [-0.2, 0) is 6.61 Å². The highest BCUT2D eigenvalue weighted by Gasteiger charge is 2.15. The first-order valence-electron chi connectivity index (χ1n) is 6.08. The summed E-state index contributed by atoms with van der Waals surface area (Å²) in [6, 6.07) is 10.5. The molecule has 1 N–H and O–H groups in total. The molecule has 0 heterocycles. The summed E-state index contributed by atoms with van der Waals surface area (Å²) in [5, 5.41) is 9.32. The van der Waals surface area contributed by atoms with Crippen LogP contribution in [0.25, 0.3) is 0 Å². The first-order valence-corrected chi connectivity index (χ1v) is 6.08. The van der Waals surface area contributed by atoms with Gasteiger partial charge in [-0.3, -0.25) is 0 Å². The van der Waals surface area contributed by atoms with Crippen LogP contribution in [0.4, 0.5) is 20.2 Å². The summed E-state index contributed by atoms with van der Waals surface area (Å²) < 4.78 is 27.0. The average molecular weight is 263 g/mol. The van der Waals surface area contributed by atoms with E-state index in [1.165, 1.54) is 18.2 Å². The van der Waals surface area contributed by atoms with Crippen molar-refractivity contribution in [2.75, 3.05) is 11.4 Å². The molecule has 0 bridgehead atoms. The lowest BCUT2D eigenvalue weighted by molar-refractivity contribution is 0.281. The van der Waals surface area contributed by atoms with Crippen molar-refractivity contribution in [3.05, 3.63) is 59.7 Å². The second-order valence-corrected chi connectivity index (χ2v) is 4.13. The third-order valence-electron chi connectivity index (χ3n) is 2.96. The second kappa shape index (κ2) is 5.80. The highest BCUT2D eigenvalue weighted by Crippen LogP contribution is 2.30. The van der Waals surface area contributed by atoms with Crippen LogP contribution in [0.5, 0.6) is 0 Å². The van der Waals surface area contributed by atoms with E-state index >= 15 is 0 Å². The Hall–Kier alpha value is -1.94. The van der Waals surface area contributed by atoms with E-state index in [-0.39, 0.29) is 12.4 Å². The Kier molecular flexibility index (Phi) is 4.12. The van der Waals surface area contributed by atoms with Crippen LogP contribution in [0.1, 0.15) is 12.5 Å². The van der Waals surface area contributed by atoms with Crippen LogP contribution < -0.4 is 4.90 Å². The Morgan fingerprint density at radius 2 is 1.79 bits per heavy atom. The SMILES string of the molecule is CCN(c1ccccc1F)c1ccc(F)cc1CO. The maximum Gasteiger partial charge on any atom is 0.146 e. The smallest absolute Gasteiger partial charge is 0.146 e. The summed E-state index contributed by atoms with van der Waals surface area (Å²) in [6.45, 7) is 2.09. The minimum atomic E-state index is -0.419. The van der Waals surface area contributed by atoms with Gasteiger partial charge in [0.25, 0.3) is 0 Å². The number of halogens is 2. The van der Waals surface area contributed by atoms with Crippen LogP contribution in [0.3, 0.4) is 0 Å². The predicted octanol–water partition coefficient (Wildman–Crippen LogP) is 3.62. The second-order valence-electron chi connectivity index (χ2n) is 4.13. The number of hydrogen-bond acceptors (Lipinski definition) is 2. The molecule has 0 radical (unpaired) electrons. The third kappa shape index (κ3) is 2.74. The summed E-state index contributed by atoms with van der Waals surface area (Å²) >= 11 is 0. The summed E-state index contributed by atoms with van der Waals surface area (Å²) in [7, 11) is 0. The number of anilines is 2. The van der Waals surface area contributed by atoms with Gasteiger partial charge in [-0.2, -0.15) is 0 Å². The number of nitrogens with zero attached hydrogens (tertiary/aromatic N) is 1. The minimum absolute atomic E-state index is 0.294. The van der Waals surface area contributed by atoms with E-state index in [2.05, 4.69) is 0 Å². The Morgan fingerprint density at radius 3 is 2.42 bits per heavy atom. The Morgan fingerprint density at radius 1 is 1.05 bits per heavy atom. The molecule has 0 amide bonds. The zero-order valence-electron chi connectivity index (χ0n) is 10.6. The number of rotatable bonds is 4. The van der Waals surface area contributed by atoms with Gasteiger partial charge in [-0.25, -0.2) is 8.78 Å². The zero-order valence-corrected chi connectivity index (χ0v) is 10.6. The van der Waals surface area contributed by atoms with Crippen LogP contribution in [0.2, 0.25) is 0 Å². The molecule has 0 aliphatic rings. The van der Waals surface area contributed by atoms with Gasteiger partial charge in [0.1, 0.15) is 11.6 Å². The highest BCUT2D eigenvalue weighted by molar-refractivity contribution is 5.66. The molecule has 0 fully saturated rings. The topological polar surface area (TPSA) is 23.5 Å². The van der Waals surface area contributed by atoms with Crippen molar-refractivity contribution in [3.8, 4) is 0 Å². The Balaban J connectivity index is 2.51. The van der Waals surface area contributed by atoms with Crippen molar-refractivity contribution in [2.45, 2.75) is 13.5 Å². The lowest BCUT2D eigenvalue weighted by atomic mass is 10.1. The van der Waals surface area contributed by atoms with Crippen LogP contribution in [0, 0.1) is 11.6 Å². The molecule has 0 saturated carbocycles. The summed E-state index contributed by atoms with van der Waals surface area (Å²) in [5.41, 5.74) is 1.45. The normalized spacial score (nSPS) is 10.5. The van der Waals surface area contributed by atoms with E-state index < -0.39 is 5.82 Å². The first kappa shape index (κ1) is 13.5. The predicted molar refractivity (Wildman–Crippen MR) is 71.4 cm³/mol. The maximum atomic E-state index is 13.8. The number of aliphatic hydroxyl groups is 1. The summed E-state index contributed by atoms with van der Waals surface area (Å²) in [5.74, 6) is -0.769. The van der Waals surface area contributed by atoms with E-state index in [0.29, 0.717) is 23.5 Å². The Bertz CT molecular complexity index is 572. The average Bonchev–Trinajstić information content (AvgIpc) is 2.43. The van der Waals surface area contributed by atoms with Crippen molar-refractivity contribution in [1.82, 2.24) is 0 Å². The van der Waals surface area contributed by atoms with Gasteiger partial charge in [0.2, 0.25) is 0 Å². The molecule has 2 aromatic rings. The number of benzene rings is 2. The number of aliphatic hydroxyl groups excluding tert-OH is 1. The van der Waals surface area contributed by atoms with Gasteiger partial charge < -0.3 is 10.0 Å². The van der Waals surface area contributed by atoms with Gasteiger partial charge in [0.05, 0.1) is 12.3 Å². The van der Waals surface area contributed by atoms with Gasteiger partial charge in [0.15, 0.2) is 0 Å². The lowest BCUT2D eigenvalue weighted by Gasteiger charge is -2.25. The molecule has 2 rings (SSSR count). The molecular formula is C15H15F2NO. The van der Waals surface area contributed by atoms with Crippen molar-refractivity contribution < 1.29 is 13.9 Å². The largest absolute Gasteiger partial charge is 0.392 e. The molecule has 2 aromatic carbocycles. The van der Waals surface area contributed by atoms with Crippen LogP contribution >= 0.6 is 0 Å². The fourth-order valence-corrected chi connectivity index (χ4v) is 2.09. The van der Waals surface area contributed by atoms with Gasteiger partial charge in [-0.05, 0) is 37.3 Å². The van der Waals surface area contributed by atoms with Gasteiger partial charge in [-0.1, -0.05) is 12.1 Å². The van der Waals surface area contributed by atoms with Gasteiger partial charge in [0, 0.05) is 17.8 Å². The lowest BCUT2D eigenvalue weighted by Crippen LogP contribution is -2.19. The standard InChI is InChI=1S/C15H15F2NO/c1-2-18(15-6-4-3-5-13(15)17)14-8-7-12(16)9-11(14)10-19/h3-9,19H,2,10H2,1H3. The van der Waals surface area contributed by atoms with E-state index in [0.717, 1.165) is 0 Å². The fraction of sp³-hybridized carbons (Fsp3) is 0.200. The molecule has 0 spiro atoms. The van der Waals surface area contributed by atoms with E-state index in [1.807, 2.05) is 6.92 Å². The minimum Gasteiger partial charge on any atom is -0.392 e. The van der Waals surface area contributed by atoms with Crippen molar-refractivity contribution >= 4 is 11.4 Å². The molecule has 4 heteroatoms. The fourth-order valence-electron chi connectivity index (χ4n) is 2.09. The first-order chi connectivity index (χ1) is 9.17. The molecule has 100 valence electrons. The number of para-hydroxylation sites is 1. The molecule has 0 atom stereocenters. The maximum absolute atomic E-state index is 13.8. The molecular weight excluding hydrogens is 248 g/mol. The van der Waals surface area contributed by atoms with Crippen molar-refractivity contribution in [1.29, 1.82) is 0 Å². The molecule has 0 saturated heterocycles. The van der Waals surface area contributed by atoms with Gasteiger partial charge in [-0.15, -0.1) is 0 Å². The Labute approximate surface area is 110 Å². The molecule has 2 nitrogen and oxygen atoms in total. The van der Waals surface area contributed by atoms with E-state index in [9.17, 15) is 13.9 Å². The van der Waals surface area contributed by atoms with E-state index in [4.69, 9.17) is 0 Å². The molecule has 0 aromatic heterocycles. The molecule has 19 heavy (non-hydrogen) atoms.